The molecular formula is C22H25ClO5. The second kappa shape index (κ2) is 8.11. The van der Waals surface area contributed by atoms with Crippen LogP contribution in [0.1, 0.15) is 47.1 Å². The fourth-order valence-electron chi connectivity index (χ4n) is 3.83. The first-order valence-corrected chi connectivity index (χ1v) is 10.0. The van der Waals surface area contributed by atoms with Crippen LogP contribution >= 0.6 is 11.6 Å². The molecule has 28 heavy (non-hydrogen) atoms. The minimum Gasteiger partial charge on any atom is -0.394 e. The molecule has 0 bridgehead atoms. The Kier molecular flexibility index (Phi) is 5.74. The van der Waals surface area contributed by atoms with Gasteiger partial charge in [0.05, 0.1) is 6.61 Å². The van der Waals surface area contributed by atoms with Crippen molar-refractivity contribution in [1.82, 2.24) is 0 Å². The molecule has 1 aliphatic heterocycles. The lowest BCUT2D eigenvalue weighted by atomic mass is 9.90. The summed E-state index contributed by atoms with van der Waals surface area (Å²) in [7, 11) is 0. The molecule has 1 saturated heterocycles. The van der Waals surface area contributed by atoms with Gasteiger partial charge in [-0.1, -0.05) is 48.0 Å². The zero-order valence-electron chi connectivity index (χ0n) is 15.4. The third kappa shape index (κ3) is 3.96. The zero-order chi connectivity index (χ0) is 19.8. The molecule has 2 aromatic carbocycles. The van der Waals surface area contributed by atoms with E-state index in [-0.39, 0.29) is 0 Å². The Morgan fingerprint density at radius 2 is 1.57 bits per heavy atom. The fraction of sp³-hybridized carbons (Fsp3) is 0.455. The highest BCUT2D eigenvalue weighted by molar-refractivity contribution is 6.31. The van der Waals surface area contributed by atoms with E-state index in [1.54, 1.807) is 12.1 Å². The van der Waals surface area contributed by atoms with Crippen LogP contribution in [0.25, 0.3) is 0 Å². The van der Waals surface area contributed by atoms with Crippen molar-refractivity contribution in [2.45, 2.75) is 55.7 Å². The van der Waals surface area contributed by atoms with Gasteiger partial charge in [0.25, 0.3) is 0 Å². The van der Waals surface area contributed by atoms with E-state index in [1.165, 1.54) is 18.4 Å². The molecule has 0 amide bonds. The first-order chi connectivity index (χ1) is 13.5. The van der Waals surface area contributed by atoms with Gasteiger partial charge in [0, 0.05) is 5.02 Å². The summed E-state index contributed by atoms with van der Waals surface area (Å²) in [6.07, 6.45) is -2.68. The molecule has 4 N–H and O–H groups in total. The topological polar surface area (TPSA) is 90.2 Å². The minimum absolute atomic E-state index is 0.449. The van der Waals surface area contributed by atoms with E-state index in [1.807, 2.05) is 6.07 Å². The maximum absolute atomic E-state index is 10.4. The van der Waals surface area contributed by atoms with Gasteiger partial charge in [0.15, 0.2) is 0 Å². The lowest BCUT2D eigenvalue weighted by Gasteiger charge is -2.40. The van der Waals surface area contributed by atoms with Gasteiger partial charge in [-0.05, 0) is 53.5 Å². The van der Waals surface area contributed by atoms with Gasteiger partial charge in [0.2, 0.25) is 0 Å². The summed E-state index contributed by atoms with van der Waals surface area (Å²) in [5.74, 6) is 0.715. The molecule has 6 heteroatoms. The van der Waals surface area contributed by atoms with Crippen LogP contribution in [0.2, 0.25) is 5.02 Å². The number of benzene rings is 2. The second-order valence-corrected chi connectivity index (χ2v) is 8.20. The van der Waals surface area contributed by atoms with Crippen LogP contribution in [0.5, 0.6) is 0 Å². The number of ether oxygens (including phenoxy) is 1. The molecule has 2 aromatic rings. The number of aliphatic hydroxyl groups is 4. The van der Waals surface area contributed by atoms with Gasteiger partial charge in [-0.25, -0.2) is 0 Å². The van der Waals surface area contributed by atoms with E-state index < -0.39 is 37.1 Å². The molecule has 5 atom stereocenters. The van der Waals surface area contributed by atoms with Gasteiger partial charge in [-0.3, -0.25) is 0 Å². The lowest BCUT2D eigenvalue weighted by Crippen LogP contribution is -2.55. The van der Waals surface area contributed by atoms with Crippen molar-refractivity contribution in [2.24, 2.45) is 0 Å². The molecule has 1 heterocycles. The molecule has 0 radical (unpaired) electrons. The van der Waals surface area contributed by atoms with Crippen molar-refractivity contribution in [3.05, 3.63) is 69.7 Å². The lowest BCUT2D eigenvalue weighted by molar-refractivity contribution is -0.231. The molecular weight excluding hydrogens is 380 g/mol. The predicted octanol–water partition coefficient (Wildman–Crippen LogP) is 2.32. The van der Waals surface area contributed by atoms with Crippen molar-refractivity contribution in [3.8, 4) is 0 Å². The van der Waals surface area contributed by atoms with Gasteiger partial charge in [-0.2, -0.15) is 0 Å². The first-order valence-electron chi connectivity index (χ1n) is 9.65. The largest absolute Gasteiger partial charge is 0.394 e. The van der Waals surface area contributed by atoms with Crippen molar-refractivity contribution < 1.29 is 25.2 Å². The summed E-state index contributed by atoms with van der Waals surface area (Å²) < 4.78 is 5.66. The quantitative estimate of drug-likeness (QED) is 0.614. The summed E-state index contributed by atoms with van der Waals surface area (Å²) in [5.41, 5.74) is 4.04. The molecule has 1 aliphatic carbocycles. The molecule has 1 saturated carbocycles. The average molecular weight is 405 g/mol. The predicted molar refractivity (Wildman–Crippen MR) is 105 cm³/mol. The van der Waals surface area contributed by atoms with Crippen LogP contribution in [0.15, 0.2) is 42.5 Å². The first kappa shape index (κ1) is 19.8. The van der Waals surface area contributed by atoms with E-state index in [2.05, 4.69) is 24.3 Å². The molecule has 0 aromatic heterocycles. The normalized spacial score (nSPS) is 30.4. The third-order valence-corrected chi connectivity index (χ3v) is 6.08. The van der Waals surface area contributed by atoms with Crippen molar-refractivity contribution in [2.75, 3.05) is 6.61 Å². The summed E-state index contributed by atoms with van der Waals surface area (Å²) >= 11 is 6.39. The highest BCUT2D eigenvalue weighted by Crippen LogP contribution is 2.40. The molecule has 150 valence electrons. The van der Waals surface area contributed by atoms with E-state index in [4.69, 9.17) is 16.3 Å². The number of hydrogen-bond donors (Lipinski definition) is 4. The fourth-order valence-corrected chi connectivity index (χ4v) is 4.01. The summed E-state index contributed by atoms with van der Waals surface area (Å²) in [4.78, 5) is 0. The standard InChI is InChI=1S/C22H25ClO5/c23-17-8-7-15(22-21(27)20(26)19(25)18(11-24)28-22)10-16(17)9-12-1-3-13(4-2-12)14-5-6-14/h1-4,7-8,10,14,18-22,24-27H,5-6,9,11H2. The molecule has 2 aliphatic rings. The van der Waals surface area contributed by atoms with Crippen LogP contribution in [-0.2, 0) is 11.2 Å². The number of aliphatic hydroxyl groups excluding tert-OH is 4. The Bertz CT molecular complexity index is 818. The number of rotatable bonds is 5. The highest BCUT2D eigenvalue weighted by Gasteiger charge is 2.44. The van der Waals surface area contributed by atoms with Crippen LogP contribution in [0.4, 0.5) is 0 Å². The molecule has 4 rings (SSSR count). The SMILES string of the molecule is OCC1OC(c2ccc(Cl)c(Cc3ccc(C4CC4)cc3)c2)C(O)C(O)C1O. The molecule has 5 nitrogen and oxygen atoms in total. The summed E-state index contributed by atoms with van der Waals surface area (Å²) in [6, 6.07) is 13.9. The van der Waals surface area contributed by atoms with Crippen molar-refractivity contribution >= 4 is 11.6 Å². The maximum Gasteiger partial charge on any atom is 0.113 e. The monoisotopic (exact) mass is 404 g/mol. The van der Waals surface area contributed by atoms with Crippen LogP contribution < -0.4 is 0 Å². The van der Waals surface area contributed by atoms with E-state index in [9.17, 15) is 20.4 Å². The van der Waals surface area contributed by atoms with Gasteiger partial charge >= 0.3 is 0 Å². The van der Waals surface area contributed by atoms with E-state index >= 15 is 0 Å². The third-order valence-electron chi connectivity index (χ3n) is 5.71. The number of halogens is 1. The second-order valence-electron chi connectivity index (χ2n) is 7.79. The Morgan fingerprint density at radius 3 is 2.21 bits per heavy atom. The molecule has 2 fully saturated rings. The molecule has 0 spiro atoms. The van der Waals surface area contributed by atoms with Crippen molar-refractivity contribution in [1.29, 1.82) is 0 Å². The van der Waals surface area contributed by atoms with Gasteiger partial charge < -0.3 is 25.2 Å². The summed E-state index contributed by atoms with van der Waals surface area (Å²) in [5, 5.41) is 40.4. The van der Waals surface area contributed by atoms with Crippen LogP contribution in [0, 0.1) is 0 Å². The smallest absolute Gasteiger partial charge is 0.113 e. The number of hydrogen-bond acceptors (Lipinski definition) is 5. The average Bonchev–Trinajstić information content (AvgIpc) is 3.54. The van der Waals surface area contributed by atoms with E-state index in [0.717, 1.165) is 11.1 Å². The van der Waals surface area contributed by atoms with Gasteiger partial charge in [0.1, 0.15) is 30.5 Å². The highest BCUT2D eigenvalue weighted by atomic mass is 35.5. The Morgan fingerprint density at radius 1 is 0.893 bits per heavy atom. The Hall–Kier alpha value is -1.47. The zero-order valence-corrected chi connectivity index (χ0v) is 16.2. The minimum atomic E-state index is -1.40. The van der Waals surface area contributed by atoms with Gasteiger partial charge in [-0.15, -0.1) is 0 Å². The van der Waals surface area contributed by atoms with Crippen molar-refractivity contribution in [3.63, 3.8) is 0 Å². The van der Waals surface area contributed by atoms with Crippen LogP contribution in [0.3, 0.4) is 0 Å². The maximum atomic E-state index is 10.4. The molecule has 5 unspecified atom stereocenters. The van der Waals surface area contributed by atoms with E-state index in [0.29, 0.717) is 22.9 Å². The van der Waals surface area contributed by atoms with Crippen LogP contribution in [-0.4, -0.2) is 51.4 Å². The Balaban J connectivity index is 1.56. The summed E-state index contributed by atoms with van der Waals surface area (Å²) in [6.45, 7) is -0.449. The Labute approximate surface area is 169 Å².